The fourth-order valence-electron chi connectivity index (χ4n) is 4.11. The van der Waals surface area contributed by atoms with Crippen molar-refractivity contribution in [3.05, 3.63) is 81.7 Å². The summed E-state index contributed by atoms with van der Waals surface area (Å²) in [5.74, 6) is -0.0934. The van der Waals surface area contributed by atoms with Gasteiger partial charge in [-0.25, -0.2) is 0 Å². The molecule has 0 radical (unpaired) electrons. The number of rotatable bonds is 7. The number of tetrazole rings is 1. The van der Waals surface area contributed by atoms with Crippen LogP contribution in [0.1, 0.15) is 44.8 Å². The van der Waals surface area contributed by atoms with Gasteiger partial charge >= 0.3 is 0 Å². The normalized spacial score (nSPS) is 12.9. The Balaban J connectivity index is 1.35. The van der Waals surface area contributed by atoms with E-state index in [2.05, 4.69) is 20.8 Å². The lowest BCUT2D eigenvalue weighted by atomic mass is 9.92. The fraction of sp³-hybridized carbons (Fsp3) is 0.240. The molecule has 2 aromatic carbocycles. The summed E-state index contributed by atoms with van der Waals surface area (Å²) >= 11 is 2.79. The largest absolute Gasteiger partial charge is 0.316 e. The highest BCUT2D eigenvalue weighted by Gasteiger charge is 2.27. The molecule has 9 heteroatoms. The molecule has 4 aromatic rings. The van der Waals surface area contributed by atoms with Crippen molar-refractivity contribution >= 4 is 39.8 Å². The van der Waals surface area contributed by atoms with Crippen molar-refractivity contribution in [2.75, 3.05) is 11.1 Å². The molecule has 2 heterocycles. The molecule has 2 aromatic heterocycles. The third kappa shape index (κ3) is 4.67. The van der Waals surface area contributed by atoms with Gasteiger partial charge in [0.15, 0.2) is 5.78 Å². The van der Waals surface area contributed by atoms with E-state index in [-0.39, 0.29) is 17.4 Å². The molecule has 0 spiro atoms. The van der Waals surface area contributed by atoms with Crippen LogP contribution < -0.4 is 5.32 Å². The van der Waals surface area contributed by atoms with Gasteiger partial charge in [0, 0.05) is 10.4 Å². The Morgan fingerprint density at radius 2 is 1.91 bits per heavy atom. The van der Waals surface area contributed by atoms with Crippen LogP contribution >= 0.6 is 23.1 Å². The molecule has 7 nitrogen and oxygen atoms in total. The third-order valence-electron chi connectivity index (χ3n) is 5.71. The highest BCUT2D eigenvalue weighted by Crippen LogP contribution is 2.39. The van der Waals surface area contributed by atoms with E-state index in [1.54, 1.807) is 4.68 Å². The summed E-state index contributed by atoms with van der Waals surface area (Å²) in [5.41, 5.74) is 4.31. The van der Waals surface area contributed by atoms with Crippen molar-refractivity contribution in [3.8, 4) is 5.69 Å². The van der Waals surface area contributed by atoms with Crippen LogP contribution in [-0.2, 0) is 17.6 Å². The number of amides is 1. The van der Waals surface area contributed by atoms with Crippen LogP contribution in [0.15, 0.2) is 59.8 Å². The van der Waals surface area contributed by atoms with E-state index >= 15 is 0 Å². The van der Waals surface area contributed by atoms with Gasteiger partial charge in [0.05, 0.1) is 17.0 Å². The number of anilines is 1. The Hall–Kier alpha value is -3.30. The number of nitrogens with one attached hydrogen (secondary N) is 1. The number of aryl methyl sites for hydroxylation is 2. The number of hydrogen-bond donors (Lipinski definition) is 1. The van der Waals surface area contributed by atoms with Crippen molar-refractivity contribution in [2.24, 2.45) is 0 Å². The van der Waals surface area contributed by atoms with E-state index in [4.69, 9.17) is 0 Å². The topological polar surface area (TPSA) is 89.8 Å². The van der Waals surface area contributed by atoms with Gasteiger partial charge in [0.1, 0.15) is 5.00 Å². The first-order valence-electron chi connectivity index (χ1n) is 11.1. The van der Waals surface area contributed by atoms with E-state index in [0.29, 0.717) is 21.3 Å². The van der Waals surface area contributed by atoms with Gasteiger partial charge in [0.25, 0.3) is 0 Å². The maximum absolute atomic E-state index is 13.4. The minimum Gasteiger partial charge on any atom is -0.316 e. The molecule has 172 valence electrons. The zero-order chi connectivity index (χ0) is 23.5. The lowest BCUT2D eigenvalue weighted by Crippen LogP contribution is -2.17. The lowest BCUT2D eigenvalue weighted by Gasteiger charge is -2.12. The maximum atomic E-state index is 13.4. The zero-order valence-electron chi connectivity index (χ0n) is 18.7. The summed E-state index contributed by atoms with van der Waals surface area (Å²) in [5, 5.41) is 16.1. The summed E-state index contributed by atoms with van der Waals surface area (Å²) in [7, 11) is 0. The number of carbonyl (C=O) groups is 2. The quantitative estimate of drug-likeness (QED) is 0.294. The maximum Gasteiger partial charge on any atom is 0.235 e. The molecule has 5 rings (SSSR count). The second-order valence-electron chi connectivity index (χ2n) is 8.16. The second-order valence-corrected chi connectivity index (χ2v) is 10.2. The van der Waals surface area contributed by atoms with Crippen molar-refractivity contribution < 1.29 is 9.59 Å². The van der Waals surface area contributed by atoms with Crippen LogP contribution in [0.25, 0.3) is 5.69 Å². The molecular weight excluding hydrogens is 466 g/mol. The number of thiophene rings is 1. The first-order chi connectivity index (χ1) is 16.6. The SMILES string of the molecule is Cc1cccc(-n2nnnc2SCC(=O)Nc2sc3c(c2C(=O)c2ccccc2)CCCC3)c1. The van der Waals surface area contributed by atoms with E-state index in [1.807, 2.05) is 61.5 Å². The standard InChI is InChI=1S/C25H23N5O2S2/c1-16-8-7-11-18(14-16)30-25(27-28-29-30)33-15-21(31)26-24-22(19-12-5-6-13-20(19)34-24)23(32)17-9-3-2-4-10-17/h2-4,7-11,14H,5-6,12-13,15H2,1H3,(H,26,31). The molecular formula is C25H23N5O2S2. The molecule has 0 bridgehead atoms. The Kier molecular flexibility index (Phi) is 6.55. The predicted molar refractivity (Wildman–Crippen MR) is 134 cm³/mol. The van der Waals surface area contributed by atoms with Crippen LogP contribution in [0.3, 0.4) is 0 Å². The molecule has 0 saturated carbocycles. The molecule has 1 aliphatic carbocycles. The van der Waals surface area contributed by atoms with Crippen LogP contribution in [-0.4, -0.2) is 37.7 Å². The Labute approximate surface area is 205 Å². The number of aromatic nitrogens is 4. The lowest BCUT2D eigenvalue weighted by molar-refractivity contribution is -0.113. The third-order valence-corrected chi connectivity index (χ3v) is 7.83. The summed E-state index contributed by atoms with van der Waals surface area (Å²) in [6.45, 7) is 2.00. The smallest absolute Gasteiger partial charge is 0.235 e. The van der Waals surface area contributed by atoms with Gasteiger partial charge in [-0.3, -0.25) is 9.59 Å². The number of thioether (sulfide) groups is 1. The molecule has 1 aliphatic rings. The van der Waals surface area contributed by atoms with Gasteiger partial charge in [-0.1, -0.05) is 54.2 Å². The number of ketones is 1. The molecule has 0 aliphatic heterocycles. The fourth-order valence-corrected chi connectivity index (χ4v) is 6.11. The minimum atomic E-state index is -0.190. The number of benzene rings is 2. The van der Waals surface area contributed by atoms with Crippen LogP contribution in [0.2, 0.25) is 0 Å². The van der Waals surface area contributed by atoms with Gasteiger partial charge in [0.2, 0.25) is 11.1 Å². The summed E-state index contributed by atoms with van der Waals surface area (Å²) < 4.78 is 1.62. The zero-order valence-corrected chi connectivity index (χ0v) is 20.3. The Bertz CT molecular complexity index is 1350. The highest BCUT2D eigenvalue weighted by molar-refractivity contribution is 7.99. The Morgan fingerprint density at radius 1 is 1.09 bits per heavy atom. The first kappa shape index (κ1) is 22.5. The molecule has 0 saturated heterocycles. The van der Waals surface area contributed by atoms with Gasteiger partial charge in [-0.05, 0) is 66.3 Å². The molecule has 0 atom stereocenters. The molecule has 0 fully saturated rings. The first-order valence-corrected chi connectivity index (χ1v) is 12.9. The van der Waals surface area contributed by atoms with E-state index < -0.39 is 0 Å². The monoisotopic (exact) mass is 489 g/mol. The Morgan fingerprint density at radius 3 is 2.74 bits per heavy atom. The number of nitrogens with zero attached hydrogens (tertiary/aromatic N) is 4. The molecule has 0 unspecified atom stereocenters. The predicted octanol–water partition coefficient (Wildman–Crippen LogP) is 4.87. The summed E-state index contributed by atoms with van der Waals surface area (Å²) in [6.07, 6.45) is 3.99. The number of carbonyl (C=O) groups excluding carboxylic acids is 2. The van der Waals surface area contributed by atoms with Crippen LogP contribution in [0.4, 0.5) is 5.00 Å². The molecule has 1 amide bonds. The van der Waals surface area contributed by atoms with Crippen LogP contribution in [0, 0.1) is 6.92 Å². The van der Waals surface area contributed by atoms with Gasteiger partial charge in [-0.15, -0.1) is 16.4 Å². The number of fused-ring (bicyclic) bond motifs is 1. The molecule has 34 heavy (non-hydrogen) atoms. The second kappa shape index (κ2) is 9.90. The van der Waals surface area contributed by atoms with Gasteiger partial charge < -0.3 is 5.32 Å². The van der Waals surface area contributed by atoms with Crippen molar-refractivity contribution in [3.63, 3.8) is 0 Å². The van der Waals surface area contributed by atoms with Crippen molar-refractivity contribution in [1.82, 2.24) is 20.2 Å². The van der Waals surface area contributed by atoms with Crippen molar-refractivity contribution in [2.45, 2.75) is 37.8 Å². The van der Waals surface area contributed by atoms with E-state index in [0.717, 1.165) is 42.5 Å². The number of hydrogen-bond acceptors (Lipinski definition) is 7. The highest BCUT2D eigenvalue weighted by atomic mass is 32.2. The minimum absolute atomic E-state index is 0.0358. The summed E-state index contributed by atoms with van der Waals surface area (Å²) in [4.78, 5) is 27.5. The van der Waals surface area contributed by atoms with Gasteiger partial charge in [-0.2, -0.15) is 4.68 Å². The van der Waals surface area contributed by atoms with Crippen molar-refractivity contribution in [1.29, 1.82) is 0 Å². The summed E-state index contributed by atoms with van der Waals surface area (Å²) in [6, 6.07) is 17.1. The average Bonchev–Trinajstić information content (AvgIpc) is 3.47. The van der Waals surface area contributed by atoms with E-state index in [9.17, 15) is 9.59 Å². The van der Waals surface area contributed by atoms with Crippen LogP contribution in [0.5, 0.6) is 0 Å². The average molecular weight is 490 g/mol. The van der Waals surface area contributed by atoms with E-state index in [1.165, 1.54) is 28.0 Å². The molecule has 1 N–H and O–H groups in total.